The predicted molar refractivity (Wildman–Crippen MR) is 89.9 cm³/mol. The summed E-state index contributed by atoms with van der Waals surface area (Å²) in [6.07, 6.45) is 1.61. The molecular weight excluding hydrogens is 278 g/mol. The topological polar surface area (TPSA) is 37.8 Å². The van der Waals surface area contributed by atoms with Gasteiger partial charge in [-0.2, -0.15) is 0 Å². The van der Waals surface area contributed by atoms with E-state index in [0.717, 1.165) is 29.0 Å². The number of hydrogen-bond acceptors (Lipinski definition) is 4. The molecule has 0 aliphatic heterocycles. The molecule has 0 radical (unpaired) electrons. The number of fused-ring (bicyclic) bond motifs is 1. The number of nitrogens with zero attached hydrogens (tertiary/aromatic N) is 2. The molecule has 0 aliphatic rings. The van der Waals surface area contributed by atoms with Crippen LogP contribution in [-0.4, -0.2) is 22.3 Å². The van der Waals surface area contributed by atoms with Crippen LogP contribution >= 0.6 is 11.8 Å². The van der Waals surface area contributed by atoms with E-state index in [1.807, 2.05) is 36.0 Å². The molecule has 0 fully saturated rings. The average Bonchev–Trinajstić information content (AvgIpc) is 2.53. The predicted octanol–water partition coefficient (Wildman–Crippen LogP) is 4.14. The summed E-state index contributed by atoms with van der Waals surface area (Å²) in [6, 6.07) is 16.7. The molecule has 0 unspecified atom stereocenters. The third-order valence-corrected chi connectivity index (χ3v) is 4.24. The molecule has 3 rings (SSSR count). The summed E-state index contributed by atoms with van der Waals surface area (Å²) in [5.41, 5.74) is 2.27. The number of benzene rings is 2. The van der Waals surface area contributed by atoms with E-state index < -0.39 is 0 Å². The van der Waals surface area contributed by atoms with Gasteiger partial charge in [0.2, 0.25) is 0 Å². The van der Waals surface area contributed by atoms with Gasteiger partial charge in [-0.25, -0.2) is 9.97 Å². The van der Waals surface area contributed by atoms with E-state index in [1.165, 1.54) is 10.5 Å². The van der Waals surface area contributed by atoms with Crippen molar-refractivity contribution in [2.24, 2.45) is 0 Å². The molecule has 0 amide bonds. The highest BCUT2D eigenvalue weighted by Gasteiger charge is 2.01. The van der Waals surface area contributed by atoms with Crippen LogP contribution in [0.25, 0.3) is 10.9 Å². The van der Waals surface area contributed by atoms with Crippen LogP contribution in [0.2, 0.25) is 0 Å². The first kappa shape index (κ1) is 13.9. The zero-order chi connectivity index (χ0) is 14.5. The van der Waals surface area contributed by atoms with Gasteiger partial charge in [-0.1, -0.05) is 29.8 Å². The summed E-state index contributed by atoms with van der Waals surface area (Å²) >= 11 is 1.85. The lowest BCUT2D eigenvalue weighted by Gasteiger charge is -2.08. The Kier molecular flexibility index (Phi) is 4.36. The summed E-state index contributed by atoms with van der Waals surface area (Å²) in [5.74, 6) is 1.91. The van der Waals surface area contributed by atoms with Crippen molar-refractivity contribution in [3.63, 3.8) is 0 Å². The zero-order valence-electron chi connectivity index (χ0n) is 11.9. The Balaban J connectivity index is 1.58. The maximum absolute atomic E-state index is 4.33. The summed E-state index contributed by atoms with van der Waals surface area (Å²) in [7, 11) is 0. The molecule has 2 aromatic carbocycles. The van der Waals surface area contributed by atoms with Gasteiger partial charge in [-0.05, 0) is 31.2 Å². The highest BCUT2D eigenvalue weighted by molar-refractivity contribution is 7.99. The molecule has 0 saturated heterocycles. The average molecular weight is 295 g/mol. The number of hydrogen-bond donors (Lipinski definition) is 1. The maximum Gasteiger partial charge on any atom is 0.137 e. The fourth-order valence-corrected chi connectivity index (χ4v) is 2.89. The van der Waals surface area contributed by atoms with Crippen molar-refractivity contribution in [1.29, 1.82) is 0 Å². The third-order valence-electron chi connectivity index (χ3n) is 3.23. The number of aryl methyl sites for hydroxylation is 1. The number of aromatic nitrogens is 2. The van der Waals surface area contributed by atoms with Gasteiger partial charge < -0.3 is 5.32 Å². The summed E-state index contributed by atoms with van der Waals surface area (Å²) in [4.78, 5) is 9.90. The fourth-order valence-electron chi connectivity index (χ4n) is 2.12. The summed E-state index contributed by atoms with van der Waals surface area (Å²) in [5, 5.41) is 4.47. The van der Waals surface area contributed by atoms with Gasteiger partial charge in [0.05, 0.1) is 5.52 Å². The number of thioether (sulfide) groups is 1. The van der Waals surface area contributed by atoms with Crippen molar-refractivity contribution in [2.75, 3.05) is 17.6 Å². The first-order valence-corrected chi connectivity index (χ1v) is 7.94. The van der Waals surface area contributed by atoms with E-state index in [1.54, 1.807) is 6.33 Å². The summed E-state index contributed by atoms with van der Waals surface area (Å²) in [6.45, 7) is 2.98. The normalized spacial score (nSPS) is 10.7. The van der Waals surface area contributed by atoms with E-state index in [-0.39, 0.29) is 0 Å². The monoisotopic (exact) mass is 295 g/mol. The van der Waals surface area contributed by atoms with Crippen molar-refractivity contribution in [3.05, 3.63) is 60.4 Å². The molecule has 21 heavy (non-hydrogen) atoms. The second kappa shape index (κ2) is 6.59. The van der Waals surface area contributed by atoms with Crippen LogP contribution in [0.3, 0.4) is 0 Å². The minimum atomic E-state index is 0.875. The fraction of sp³-hybridized carbons (Fsp3) is 0.176. The first-order chi connectivity index (χ1) is 10.3. The van der Waals surface area contributed by atoms with Crippen molar-refractivity contribution in [1.82, 2.24) is 9.97 Å². The number of anilines is 1. The molecule has 1 aromatic heterocycles. The number of nitrogens with one attached hydrogen (secondary N) is 1. The number of rotatable bonds is 5. The van der Waals surface area contributed by atoms with Crippen LogP contribution in [0.15, 0.2) is 59.8 Å². The second-order valence-corrected chi connectivity index (χ2v) is 6.00. The Hall–Kier alpha value is -2.07. The Labute approximate surface area is 128 Å². The lowest BCUT2D eigenvalue weighted by molar-refractivity contribution is 1.15. The minimum absolute atomic E-state index is 0.875. The van der Waals surface area contributed by atoms with Gasteiger partial charge in [0.25, 0.3) is 0 Å². The van der Waals surface area contributed by atoms with Gasteiger partial charge in [-0.15, -0.1) is 11.8 Å². The lowest BCUT2D eigenvalue weighted by Crippen LogP contribution is -2.06. The Morgan fingerprint density at radius 2 is 1.81 bits per heavy atom. The van der Waals surface area contributed by atoms with Crippen LogP contribution in [0.5, 0.6) is 0 Å². The highest BCUT2D eigenvalue weighted by Crippen LogP contribution is 2.20. The molecule has 0 atom stereocenters. The van der Waals surface area contributed by atoms with E-state index >= 15 is 0 Å². The van der Waals surface area contributed by atoms with Crippen LogP contribution in [0, 0.1) is 6.92 Å². The van der Waals surface area contributed by atoms with E-state index in [0.29, 0.717) is 0 Å². The van der Waals surface area contributed by atoms with E-state index in [4.69, 9.17) is 0 Å². The smallest absolute Gasteiger partial charge is 0.137 e. The Morgan fingerprint density at radius 3 is 2.67 bits per heavy atom. The molecular formula is C17H17N3S. The van der Waals surface area contributed by atoms with Crippen LogP contribution in [-0.2, 0) is 0 Å². The van der Waals surface area contributed by atoms with Gasteiger partial charge >= 0.3 is 0 Å². The van der Waals surface area contributed by atoms with E-state index in [9.17, 15) is 0 Å². The van der Waals surface area contributed by atoms with Gasteiger partial charge in [-0.3, -0.25) is 0 Å². The summed E-state index contributed by atoms with van der Waals surface area (Å²) < 4.78 is 0. The molecule has 1 N–H and O–H groups in total. The second-order valence-electron chi connectivity index (χ2n) is 4.83. The lowest BCUT2D eigenvalue weighted by atomic mass is 10.2. The largest absolute Gasteiger partial charge is 0.369 e. The van der Waals surface area contributed by atoms with Crippen molar-refractivity contribution in [3.8, 4) is 0 Å². The van der Waals surface area contributed by atoms with Gasteiger partial charge in [0.15, 0.2) is 0 Å². The van der Waals surface area contributed by atoms with Crippen LogP contribution in [0.4, 0.5) is 5.82 Å². The molecule has 3 nitrogen and oxygen atoms in total. The molecule has 106 valence electrons. The quantitative estimate of drug-likeness (QED) is 0.567. The van der Waals surface area contributed by atoms with Crippen LogP contribution in [0.1, 0.15) is 5.56 Å². The Morgan fingerprint density at radius 1 is 1.00 bits per heavy atom. The molecule has 0 aliphatic carbocycles. The van der Waals surface area contributed by atoms with Gasteiger partial charge in [0.1, 0.15) is 12.1 Å². The molecule has 0 spiro atoms. The van der Waals surface area contributed by atoms with Crippen LogP contribution < -0.4 is 5.32 Å². The SMILES string of the molecule is Cc1ccc(SCCNc2ncnc3ccccc23)cc1. The van der Waals surface area contributed by atoms with Crippen molar-refractivity contribution < 1.29 is 0 Å². The molecule has 3 aromatic rings. The van der Waals surface area contributed by atoms with E-state index in [2.05, 4.69) is 46.5 Å². The molecule has 1 heterocycles. The standard InChI is InChI=1S/C17H17N3S/c1-13-6-8-14(9-7-13)21-11-10-18-17-15-4-2-3-5-16(15)19-12-20-17/h2-9,12H,10-11H2,1H3,(H,18,19,20). The first-order valence-electron chi connectivity index (χ1n) is 6.96. The number of para-hydroxylation sites is 1. The maximum atomic E-state index is 4.33. The Bertz CT molecular complexity index is 720. The molecule has 0 bridgehead atoms. The minimum Gasteiger partial charge on any atom is -0.369 e. The molecule has 4 heteroatoms. The van der Waals surface area contributed by atoms with Gasteiger partial charge in [0, 0.05) is 22.6 Å². The highest BCUT2D eigenvalue weighted by atomic mass is 32.2. The molecule has 0 saturated carbocycles. The third kappa shape index (κ3) is 3.52. The van der Waals surface area contributed by atoms with Crippen molar-refractivity contribution in [2.45, 2.75) is 11.8 Å². The van der Waals surface area contributed by atoms with Crippen molar-refractivity contribution >= 4 is 28.5 Å². The zero-order valence-corrected chi connectivity index (χ0v) is 12.7.